The molecule has 0 radical (unpaired) electrons. The van der Waals surface area contributed by atoms with Crippen molar-refractivity contribution in [2.45, 2.75) is 50.0 Å². The minimum absolute atomic E-state index is 0.0320. The highest BCUT2D eigenvalue weighted by molar-refractivity contribution is 9.10. The van der Waals surface area contributed by atoms with Crippen molar-refractivity contribution in [2.75, 3.05) is 23.7 Å². The Morgan fingerprint density at radius 1 is 1.11 bits per heavy atom. The van der Waals surface area contributed by atoms with Crippen LogP contribution in [0.4, 0.5) is 27.8 Å². The molecule has 0 saturated carbocycles. The lowest BCUT2D eigenvalue weighted by Gasteiger charge is -2.37. The van der Waals surface area contributed by atoms with E-state index in [4.69, 9.17) is 0 Å². The van der Waals surface area contributed by atoms with E-state index in [-0.39, 0.29) is 44.8 Å². The van der Waals surface area contributed by atoms with Crippen molar-refractivity contribution in [3.05, 3.63) is 50.4 Å². The molecule has 2 unspecified atom stereocenters. The van der Waals surface area contributed by atoms with E-state index in [2.05, 4.69) is 26.2 Å². The summed E-state index contributed by atoms with van der Waals surface area (Å²) in [6.07, 6.45) is -4.32. The van der Waals surface area contributed by atoms with Crippen molar-refractivity contribution in [3.63, 3.8) is 0 Å². The van der Waals surface area contributed by atoms with E-state index in [1.54, 1.807) is 0 Å². The van der Waals surface area contributed by atoms with Crippen LogP contribution in [0.25, 0.3) is 22.0 Å². The molecule has 0 bridgehead atoms. The number of halogens is 6. The summed E-state index contributed by atoms with van der Waals surface area (Å²) in [4.78, 5) is 19.4. The van der Waals surface area contributed by atoms with Gasteiger partial charge in [0.2, 0.25) is 0 Å². The van der Waals surface area contributed by atoms with Crippen molar-refractivity contribution >= 4 is 44.4 Å². The van der Waals surface area contributed by atoms with Crippen LogP contribution in [0.3, 0.4) is 0 Å². The monoisotopic (exact) mass is 588 g/mol. The standard InChI is InChI=1S/C24H22BrF5N4OS/c1-11-9-33(10-12(2)31-11)22-14-6-15(24(28,29)30)19(13-7-16(25)18(27)8-17(13)26)21-20(14)34(23(35)32-22)4-3-5-36-21/h6-8,11-12,31H,3-5,9-10H2,1-2H3. The molecule has 2 aromatic carbocycles. The van der Waals surface area contributed by atoms with Gasteiger partial charge in [-0.05, 0) is 54.1 Å². The molecule has 192 valence electrons. The van der Waals surface area contributed by atoms with Crippen molar-refractivity contribution < 1.29 is 22.0 Å². The van der Waals surface area contributed by atoms with Crippen LogP contribution in [0.1, 0.15) is 25.8 Å². The quantitative estimate of drug-likeness (QED) is 0.303. The summed E-state index contributed by atoms with van der Waals surface area (Å²) in [5.74, 6) is -1.43. The zero-order chi connectivity index (χ0) is 25.9. The lowest BCUT2D eigenvalue weighted by molar-refractivity contribution is -0.137. The molecular weight excluding hydrogens is 567 g/mol. The summed E-state index contributed by atoms with van der Waals surface area (Å²) in [5.41, 5.74) is -2.10. The molecule has 1 saturated heterocycles. The molecular formula is C24H22BrF5N4OS. The second-order valence-electron chi connectivity index (χ2n) is 9.21. The topological polar surface area (TPSA) is 50.2 Å². The number of nitrogens with one attached hydrogen (secondary N) is 1. The normalized spacial score (nSPS) is 20.6. The number of rotatable bonds is 2. The Morgan fingerprint density at radius 3 is 2.47 bits per heavy atom. The molecule has 12 heteroatoms. The second kappa shape index (κ2) is 9.29. The molecule has 0 spiro atoms. The number of aromatic nitrogens is 2. The number of alkyl halides is 3. The highest BCUT2D eigenvalue weighted by Gasteiger charge is 2.39. The number of piperazine rings is 1. The van der Waals surface area contributed by atoms with Gasteiger partial charge >= 0.3 is 11.9 Å². The van der Waals surface area contributed by atoms with Gasteiger partial charge in [0, 0.05) is 59.2 Å². The van der Waals surface area contributed by atoms with Gasteiger partial charge in [0.15, 0.2) is 0 Å². The Morgan fingerprint density at radius 2 is 1.81 bits per heavy atom. The van der Waals surface area contributed by atoms with Crippen LogP contribution in [0.2, 0.25) is 0 Å². The molecule has 0 amide bonds. The minimum Gasteiger partial charge on any atom is -0.353 e. The first kappa shape index (κ1) is 25.5. The zero-order valence-electron chi connectivity index (χ0n) is 19.3. The minimum atomic E-state index is -4.84. The van der Waals surface area contributed by atoms with Crippen LogP contribution in [0, 0.1) is 11.6 Å². The van der Waals surface area contributed by atoms with Crippen molar-refractivity contribution in [2.24, 2.45) is 0 Å². The number of benzene rings is 2. The van der Waals surface area contributed by atoms with E-state index in [9.17, 15) is 22.4 Å². The van der Waals surface area contributed by atoms with Crippen molar-refractivity contribution in [3.8, 4) is 11.1 Å². The van der Waals surface area contributed by atoms with E-state index in [1.807, 2.05) is 18.7 Å². The van der Waals surface area contributed by atoms with Crippen molar-refractivity contribution in [1.29, 1.82) is 0 Å². The van der Waals surface area contributed by atoms with Crippen LogP contribution in [-0.2, 0) is 12.7 Å². The Hall–Kier alpha value is -2.18. The Kier molecular flexibility index (Phi) is 6.57. The predicted molar refractivity (Wildman–Crippen MR) is 134 cm³/mol. The molecule has 3 heterocycles. The maximum Gasteiger partial charge on any atom is 0.417 e. The first-order valence-electron chi connectivity index (χ1n) is 11.4. The lowest BCUT2D eigenvalue weighted by Crippen LogP contribution is -2.55. The van der Waals surface area contributed by atoms with E-state index in [0.29, 0.717) is 36.8 Å². The smallest absolute Gasteiger partial charge is 0.353 e. The maximum absolute atomic E-state index is 15.0. The second-order valence-corrected chi connectivity index (χ2v) is 11.2. The fraction of sp³-hybridized carbons (Fsp3) is 0.417. The van der Waals surface area contributed by atoms with E-state index < -0.39 is 34.6 Å². The summed E-state index contributed by atoms with van der Waals surface area (Å²) in [6, 6.07) is 2.61. The summed E-state index contributed by atoms with van der Waals surface area (Å²) in [5, 5.41) is 3.56. The average molecular weight is 589 g/mol. The van der Waals surface area contributed by atoms with Gasteiger partial charge in [-0.15, -0.1) is 11.8 Å². The molecule has 2 aliphatic rings. The molecule has 1 aromatic heterocycles. The van der Waals surface area contributed by atoms with Gasteiger partial charge in [0.25, 0.3) is 0 Å². The first-order chi connectivity index (χ1) is 17.0. The molecule has 2 aliphatic heterocycles. The summed E-state index contributed by atoms with van der Waals surface area (Å²) >= 11 is 4.12. The highest BCUT2D eigenvalue weighted by Crippen LogP contribution is 2.49. The third kappa shape index (κ3) is 4.41. The number of aryl methyl sites for hydroxylation is 1. The van der Waals surface area contributed by atoms with E-state index >= 15 is 4.39 Å². The lowest BCUT2D eigenvalue weighted by atomic mass is 9.95. The molecule has 2 atom stereocenters. The molecule has 1 N–H and O–H groups in total. The SMILES string of the molecule is CC1CN(c2nc(=O)n3c4c(c(-c5cc(Br)c(F)cc5F)c(C(F)(F)F)cc24)SCCC3)CC(C)N1. The van der Waals surface area contributed by atoms with Crippen molar-refractivity contribution in [1.82, 2.24) is 14.9 Å². The van der Waals surface area contributed by atoms with E-state index in [0.717, 1.165) is 23.9 Å². The van der Waals surface area contributed by atoms with Gasteiger partial charge in [-0.25, -0.2) is 13.6 Å². The molecule has 3 aromatic rings. The van der Waals surface area contributed by atoms with Gasteiger partial charge in [0.05, 0.1) is 15.6 Å². The number of thioether (sulfide) groups is 1. The van der Waals surface area contributed by atoms with Crippen LogP contribution < -0.4 is 15.9 Å². The van der Waals surface area contributed by atoms with Crippen LogP contribution in [0.5, 0.6) is 0 Å². The summed E-state index contributed by atoms with van der Waals surface area (Å²) < 4.78 is 73.9. The number of hydrogen-bond donors (Lipinski definition) is 1. The van der Waals surface area contributed by atoms with Crippen LogP contribution in [-0.4, -0.2) is 40.5 Å². The van der Waals surface area contributed by atoms with Gasteiger partial charge in [-0.2, -0.15) is 18.2 Å². The molecule has 5 nitrogen and oxygen atoms in total. The van der Waals surface area contributed by atoms with Gasteiger partial charge in [-0.3, -0.25) is 4.57 Å². The van der Waals surface area contributed by atoms with Gasteiger partial charge in [0.1, 0.15) is 17.5 Å². The average Bonchev–Trinajstić information content (AvgIpc) is 3.01. The molecule has 0 aliphatic carbocycles. The van der Waals surface area contributed by atoms with Crippen LogP contribution >= 0.6 is 27.7 Å². The fourth-order valence-electron chi connectivity index (χ4n) is 5.08. The zero-order valence-corrected chi connectivity index (χ0v) is 21.8. The summed E-state index contributed by atoms with van der Waals surface area (Å²) in [7, 11) is 0. The molecule has 36 heavy (non-hydrogen) atoms. The first-order valence-corrected chi connectivity index (χ1v) is 13.2. The molecule has 1 fully saturated rings. The largest absolute Gasteiger partial charge is 0.417 e. The van der Waals surface area contributed by atoms with Crippen LogP contribution in [0.15, 0.2) is 32.4 Å². The Balaban J connectivity index is 1.92. The Labute approximate surface area is 216 Å². The number of anilines is 1. The fourth-order valence-corrected chi connectivity index (χ4v) is 6.63. The number of hydrogen-bond acceptors (Lipinski definition) is 5. The molecule has 5 rings (SSSR count). The highest BCUT2D eigenvalue weighted by atomic mass is 79.9. The summed E-state index contributed by atoms with van der Waals surface area (Å²) in [6.45, 7) is 5.10. The van der Waals surface area contributed by atoms with Gasteiger partial charge in [-0.1, -0.05) is 0 Å². The third-order valence-corrected chi connectivity index (χ3v) is 8.20. The Bertz CT molecular complexity index is 1420. The number of nitrogens with zero attached hydrogens (tertiary/aromatic N) is 3. The third-order valence-electron chi connectivity index (χ3n) is 6.41. The van der Waals surface area contributed by atoms with Gasteiger partial charge < -0.3 is 10.2 Å². The van der Waals surface area contributed by atoms with E-state index in [1.165, 1.54) is 4.57 Å². The predicted octanol–water partition coefficient (Wildman–Crippen LogP) is 5.81. The maximum atomic E-state index is 15.0.